The van der Waals surface area contributed by atoms with Crippen molar-refractivity contribution < 1.29 is 14.0 Å². The Kier molecular flexibility index (Phi) is 4.01. The van der Waals surface area contributed by atoms with Crippen molar-refractivity contribution >= 4 is 11.8 Å². The molecule has 0 radical (unpaired) electrons. The quantitative estimate of drug-likeness (QED) is 0.739. The van der Waals surface area contributed by atoms with Gasteiger partial charge >= 0.3 is 0 Å². The number of likely N-dealkylation sites (N-methyl/N-ethyl adjacent to an activating group) is 1. The molecule has 28 heavy (non-hydrogen) atoms. The molecule has 0 bridgehead atoms. The van der Waals surface area contributed by atoms with Crippen LogP contribution in [0.25, 0.3) is 0 Å². The van der Waals surface area contributed by atoms with Crippen LogP contribution >= 0.6 is 0 Å². The molecule has 7 nitrogen and oxygen atoms in total. The molecule has 0 saturated heterocycles. The maximum atomic E-state index is 14.4. The summed E-state index contributed by atoms with van der Waals surface area (Å²) in [6, 6.07) is -0.326. The molecule has 0 N–H and O–H groups in total. The second-order valence-electron chi connectivity index (χ2n) is 8.54. The second kappa shape index (κ2) is 6.34. The van der Waals surface area contributed by atoms with E-state index in [0.29, 0.717) is 19.6 Å². The van der Waals surface area contributed by atoms with Gasteiger partial charge in [0.2, 0.25) is 5.91 Å². The number of carbonyl (C=O) groups is 2. The Morgan fingerprint density at radius 3 is 2.86 bits per heavy atom. The van der Waals surface area contributed by atoms with Crippen molar-refractivity contribution in [3.05, 3.63) is 34.9 Å². The Hall–Kier alpha value is -2.35. The molecule has 0 spiro atoms. The molecule has 3 heterocycles. The molecule has 1 saturated carbocycles. The lowest BCUT2D eigenvalue weighted by Gasteiger charge is -2.35. The predicted octanol–water partition coefficient (Wildman–Crippen LogP) is 1.71. The van der Waals surface area contributed by atoms with Gasteiger partial charge in [-0.3, -0.25) is 9.59 Å². The van der Waals surface area contributed by atoms with Crippen LogP contribution in [-0.2, 0) is 9.59 Å². The van der Waals surface area contributed by atoms with Gasteiger partial charge in [-0.1, -0.05) is 0 Å². The number of halogens is 1. The first-order chi connectivity index (χ1) is 13.4. The first kappa shape index (κ1) is 17.7. The topological polar surface area (TPSA) is 68.6 Å². The van der Waals surface area contributed by atoms with Crippen LogP contribution in [0.5, 0.6) is 0 Å². The summed E-state index contributed by atoms with van der Waals surface area (Å²) in [4.78, 5) is 31.4. The molecular weight excluding hydrogens is 361 g/mol. The van der Waals surface area contributed by atoms with Crippen LogP contribution in [-0.4, -0.2) is 72.8 Å². The summed E-state index contributed by atoms with van der Waals surface area (Å²) in [5.41, 5.74) is 2.86. The first-order valence-electron chi connectivity index (χ1n) is 9.91. The van der Waals surface area contributed by atoms with Gasteiger partial charge in [-0.2, -0.15) is 5.11 Å². The van der Waals surface area contributed by atoms with Crippen molar-refractivity contribution in [1.29, 1.82) is 0 Å². The molecule has 148 valence electrons. The largest absolute Gasteiger partial charge is 0.345 e. The van der Waals surface area contributed by atoms with Crippen LogP contribution in [0, 0.1) is 17.8 Å². The Morgan fingerprint density at radius 2 is 2.14 bits per heavy atom. The smallest absolute Gasteiger partial charge is 0.272 e. The summed E-state index contributed by atoms with van der Waals surface area (Å²) < 4.78 is 14.4. The summed E-state index contributed by atoms with van der Waals surface area (Å²) in [6.07, 6.45) is 4.81. The Labute approximate surface area is 163 Å². The van der Waals surface area contributed by atoms with Gasteiger partial charge in [0.25, 0.3) is 5.91 Å². The molecule has 3 atom stereocenters. The number of nitrogens with zero attached hydrogens (tertiary/aromatic N) is 5. The average Bonchev–Trinajstić information content (AvgIpc) is 3.46. The van der Waals surface area contributed by atoms with E-state index < -0.39 is 17.7 Å². The monoisotopic (exact) mass is 385 g/mol. The lowest BCUT2D eigenvalue weighted by atomic mass is 9.78. The van der Waals surface area contributed by atoms with Crippen LogP contribution < -0.4 is 0 Å². The van der Waals surface area contributed by atoms with Gasteiger partial charge in [0.1, 0.15) is 11.9 Å². The number of amides is 2. The van der Waals surface area contributed by atoms with E-state index in [4.69, 9.17) is 0 Å². The van der Waals surface area contributed by atoms with E-state index in [2.05, 4.69) is 20.0 Å². The fraction of sp³-hybridized carbons (Fsp3) is 0.600. The highest BCUT2D eigenvalue weighted by Gasteiger charge is 2.51. The van der Waals surface area contributed by atoms with E-state index in [9.17, 15) is 14.0 Å². The zero-order chi connectivity index (χ0) is 19.6. The van der Waals surface area contributed by atoms with Gasteiger partial charge in [-0.05, 0) is 44.7 Å². The second-order valence-corrected chi connectivity index (χ2v) is 8.54. The molecule has 5 aliphatic rings. The third-order valence-corrected chi connectivity index (χ3v) is 6.29. The minimum Gasteiger partial charge on any atom is -0.345 e. The number of carbonyl (C=O) groups excluding carboxylic acids is 2. The van der Waals surface area contributed by atoms with Gasteiger partial charge in [0.05, 0.1) is 12.5 Å². The summed E-state index contributed by atoms with van der Waals surface area (Å²) in [7, 11) is 3.99. The third kappa shape index (κ3) is 2.73. The van der Waals surface area contributed by atoms with E-state index in [0.717, 1.165) is 36.4 Å². The Balaban J connectivity index is 1.58. The third-order valence-electron chi connectivity index (χ3n) is 6.29. The summed E-state index contributed by atoms with van der Waals surface area (Å²) >= 11 is 0. The van der Waals surface area contributed by atoms with Crippen LogP contribution in [0.15, 0.2) is 45.2 Å². The lowest BCUT2D eigenvalue weighted by Crippen LogP contribution is -2.45. The molecule has 0 aromatic carbocycles. The normalized spacial score (nSPS) is 31.1. The standard InChI is InChI=1S/C20H24FN5O2/c1-24(2)5-6-26-15-8-12(21)7-13-17(15)18-14(22-23-19(13)27)9-25(10-16(18)26)20(28)11-3-4-11/h7-8,11,13-14,17H,3-6,9-10H2,1-2H3. The molecule has 5 rings (SSSR count). The zero-order valence-corrected chi connectivity index (χ0v) is 16.1. The van der Waals surface area contributed by atoms with E-state index in [1.165, 1.54) is 12.2 Å². The van der Waals surface area contributed by atoms with Crippen LogP contribution in [0.4, 0.5) is 4.39 Å². The molecule has 3 aliphatic heterocycles. The number of allylic oxidation sites excluding steroid dienone is 3. The lowest BCUT2D eigenvalue weighted by molar-refractivity contribution is -0.132. The van der Waals surface area contributed by atoms with Crippen LogP contribution in [0.3, 0.4) is 0 Å². The van der Waals surface area contributed by atoms with E-state index in [1.54, 1.807) is 0 Å². The van der Waals surface area contributed by atoms with Gasteiger partial charge in [-0.15, -0.1) is 5.11 Å². The van der Waals surface area contributed by atoms with Crippen molar-refractivity contribution in [1.82, 2.24) is 14.7 Å². The van der Waals surface area contributed by atoms with Gasteiger partial charge in [-0.25, -0.2) is 4.39 Å². The average molecular weight is 385 g/mol. The summed E-state index contributed by atoms with van der Waals surface area (Å²) in [6.45, 7) is 2.42. The maximum absolute atomic E-state index is 14.4. The highest BCUT2D eigenvalue weighted by atomic mass is 19.1. The maximum Gasteiger partial charge on any atom is 0.272 e. The predicted molar refractivity (Wildman–Crippen MR) is 99.5 cm³/mol. The van der Waals surface area contributed by atoms with Gasteiger partial charge in [0, 0.05) is 42.9 Å². The van der Waals surface area contributed by atoms with E-state index in [1.807, 2.05) is 19.0 Å². The van der Waals surface area contributed by atoms with E-state index in [-0.39, 0.29) is 23.8 Å². The first-order valence-corrected chi connectivity index (χ1v) is 9.91. The van der Waals surface area contributed by atoms with Crippen LogP contribution in [0.2, 0.25) is 0 Å². The molecule has 3 unspecified atom stereocenters. The number of hydrogen-bond donors (Lipinski definition) is 0. The van der Waals surface area contributed by atoms with Gasteiger partial charge < -0.3 is 14.7 Å². The van der Waals surface area contributed by atoms with Gasteiger partial charge in [0.15, 0.2) is 0 Å². The SMILES string of the molecule is CN(C)CCN1C2=CC(F)=CC3C(=O)N=NC4CN(C(=O)C5CC5)CC1=C4C23. The minimum absolute atomic E-state index is 0.122. The van der Waals surface area contributed by atoms with Crippen molar-refractivity contribution in [2.75, 3.05) is 40.3 Å². The molecular formula is C20H24FN5O2. The highest BCUT2D eigenvalue weighted by molar-refractivity contribution is 5.85. The fourth-order valence-corrected chi connectivity index (χ4v) is 4.78. The Bertz CT molecular complexity index is 870. The molecule has 0 aromatic heterocycles. The number of azo groups is 1. The zero-order valence-electron chi connectivity index (χ0n) is 16.1. The number of rotatable bonds is 4. The molecule has 8 heteroatoms. The highest BCUT2D eigenvalue weighted by Crippen LogP contribution is 2.50. The van der Waals surface area contributed by atoms with Crippen molar-refractivity contribution in [2.45, 2.75) is 18.9 Å². The van der Waals surface area contributed by atoms with Crippen LogP contribution in [0.1, 0.15) is 12.8 Å². The Morgan fingerprint density at radius 1 is 1.36 bits per heavy atom. The summed E-state index contributed by atoms with van der Waals surface area (Å²) in [5.74, 6) is -1.39. The van der Waals surface area contributed by atoms with Crippen molar-refractivity contribution in [3.63, 3.8) is 0 Å². The minimum atomic E-state index is -0.645. The fourth-order valence-electron chi connectivity index (χ4n) is 4.78. The summed E-state index contributed by atoms with van der Waals surface area (Å²) in [5, 5.41) is 8.19. The number of hydrogen-bond acceptors (Lipinski definition) is 5. The van der Waals surface area contributed by atoms with E-state index >= 15 is 0 Å². The molecule has 2 amide bonds. The molecule has 2 aliphatic carbocycles. The molecule has 0 aromatic rings. The van der Waals surface area contributed by atoms with Crippen molar-refractivity contribution in [3.8, 4) is 0 Å². The molecule has 1 fully saturated rings. The van der Waals surface area contributed by atoms with Crippen molar-refractivity contribution in [2.24, 2.45) is 28.0 Å².